The van der Waals surface area contributed by atoms with Gasteiger partial charge in [0.25, 0.3) is 5.91 Å². The molecule has 1 heterocycles. The van der Waals surface area contributed by atoms with Gasteiger partial charge in [0.05, 0.1) is 16.1 Å². The predicted octanol–water partition coefficient (Wildman–Crippen LogP) is 4.77. The van der Waals surface area contributed by atoms with Crippen molar-refractivity contribution in [2.45, 2.75) is 25.6 Å². The standard InChI is InChI=1S/C19H15ClF3N3O2/c1-11(9-16-25-17(26-28-16)12-5-3-2-4-6-12)24-18(27)14-10-13(19(21,22)23)7-8-15(14)20/h2-8,10-11H,9H2,1H3,(H,24,27). The van der Waals surface area contributed by atoms with Gasteiger partial charge in [-0.2, -0.15) is 18.2 Å². The van der Waals surface area contributed by atoms with E-state index in [9.17, 15) is 18.0 Å². The Balaban J connectivity index is 1.68. The monoisotopic (exact) mass is 409 g/mol. The summed E-state index contributed by atoms with van der Waals surface area (Å²) in [4.78, 5) is 16.6. The van der Waals surface area contributed by atoms with Gasteiger partial charge in [-0.3, -0.25) is 4.79 Å². The molecule has 146 valence electrons. The van der Waals surface area contributed by atoms with Crippen LogP contribution in [-0.4, -0.2) is 22.1 Å². The third-order valence-corrected chi connectivity index (χ3v) is 4.23. The van der Waals surface area contributed by atoms with E-state index < -0.39 is 23.7 Å². The fourth-order valence-electron chi connectivity index (χ4n) is 2.53. The summed E-state index contributed by atoms with van der Waals surface area (Å²) in [6, 6.07) is 11.3. The van der Waals surface area contributed by atoms with Crippen LogP contribution in [0, 0.1) is 0 Å². The maximum Gasteiger partial charge on any atom is 0.416 e. The first kappa shape index (κ1) is 19.9. The van der Waals surface area contributed by atoms with Crippen LogP contribution in [0.5, 0.6) is 0 Å². The number of amides is 1. The molecular formula is C19H15ClF3N3O2. The average Bonchev–Trinajstić information content (AvgIpc) is 3.10. The molecule has 0 aliphatic carbocycles. The molecule has 0 bridgehead atoms. The summed E-state index contributed by atoms with van der Waals surface area (Å²) < 4.78 is 43.7. The van der Waals surface area contributed by atoms with Crippen LogP contribution >= 0.6 is 11.6 Å². The van der Waals surface area contributed by atoms with E-state index in [1.807, 2.05) is 30.3 Å². The molecule has 5 nitrogen and oxygen atoms in total. The van der Waals surface area contributed by atoms with Gasteiger partial charge in [-0.15, -0.1) is 0 Å². The van der Waals surface area contributed by atoms with Gasteiger partial charge in [-0.25, -0.2) is 0 Å². The summed E-state index contributed by atoms with van der Waals surface area (Å²) in [7, 11) is 0. The van der Waals surface area contributed by atoms with Gasteiger partial charge in [0.2, 0.25) is 11.7 Å². The maximum atomic E-state index is 12.9. The fraction of sp³-hybridized carbons (Fsp3) is 0.211. The quantitative estimate of drug-likeness (QED) is 0.659. The van der Waals surface area contributed by atoms with Gasteiger partial charge < -0.3 is 9.84 Å². The molecule has 2 aromatic carbocycles. The summed E-state index contributed by atoms with van der Waals surface area (Å²) in [5.74, 6) is -0.0109. The number of nitrogens with one attached hydrogen (secondary N) is 1. The highest BCUT2D eigenvalue weighted by Gasteiger charge is 2.31. The van der Waals surface area contributed by atoms with E-state index in [1.165, 1.54) is 0 Å². The normalized spacial score (nSPS) is 12.6. The number of alkyl halides is 3. The number of aromatic nitrogens is 2. The van der Waals surface area contributed by atoms with Crippen LogP contribution in [0.2, 0.25) is 5.02 Å². The van der Waals surface area contributed by atoms with Crippen molar-refractivity contribution >= 4 is 17.5 Å². The minimum absolute atomic E-state index is 0.0677. The molecule has 0 aliphatic heterocycles. The molecule has 0 fully saturated rings. The van der Waals surface area contributed by atoms with Gasteiger partial charge in [0.1, 0.15) is 0 Å². The first-order valence-corrected chi connectivity index (χ1v) is 8.67. The second-order valence-electron chi connectivity index (χ2n) is 6.15. The van der Waals surface area contributed by atoms with Crippen molar-refractivity contribution in [3.63, 3.8) is 0 Å². The zero-order valence-corrected chi connectivity index (χ0v) is 15.4. The van der Waals surface area contributed by atoms with Crippen LogP contribution < -0.4 is 5.32 Å². The number of carbonyl (C=O) groups excluding carboxylic acids is 1. The zero-order valence-electron chi connectivity index (χ0n) is 14.6. The Morgan fingerprint density at radius 1 is 1.21 bits per heavy atom. The van der Waals surface area contributed by atoms with Crippen LogP contribution in [0.25, 0.3) is 11.4 Å². The molecule has 9 heteroatoms. The van der Waals surface area contributed by atoms with Crippen molar-refractivity contribution in [1.29, 1.82) is 0 Å². The van der Waals surface area contributed by atoms with Crippen molar-refractivity contribution in [2.75, 3.05) is 0 Å². The molecular weight excluding hydrogens is 395 g/mol. The third-order valence-electron chi connectivity index (χ3n) is 3.90. The number of nitrogens with zero attached hydrogens (tertiary/aromatic N) is 2. The summed E-state index contributed by atoms with van der Waals surface area (Å²) >= 11 is 5.89. The molecule has 1 amide bonds. The van der Waals surface area contributed by atoms with Gasteiger partial charge in [0, 0.05) is 18.0 Å². The number of hydrogen-bond donors (Lipinski definition) is 1. The third kappa shape index (κ3) is 4.69. The molecule has 3 rings (SSSR count). The molecule has 3 aromatic rings. The fourth-order valence-corrected chi connectivity index (χ4v) is 2.74. The zero-order chi connectivity index (χ0) is 20.3. The molecule has 1 unspecified atom stereocenters. The second-order valence-corrected chi connectivity index (χ2v) is 6.56. The highest BCUT2D eigenvalue weighted by atomic mass is 35.5. The lowest BCUT2D eigenvalue weighted by molar-refractivity contribution is -0.137. The van der Waals surface area contributed by atoms with E-state index in [0.29, 0.717) is 11.7 Å². The number of carbonyl (C=O) groups is 1. The average molecular weight is 410 g/mol. The molecule has 1 aromatic heterocycles. The lowest BCUT2D eigenvalue weighted by Crippen LogP contribution is -2.34. The summed E-state index contributed by atoms with van der Waals surface area (Å²) in [6.45, 7) is 1.67. The smallest absolute Gasteiger partial charge is 0.349 e. The lowest BCUT2D eigenvalue weighted by atomic mass is 10.1. The first-order chi connectivity index (χ1) is 13.2. The van der Waals surface area contributed by atoms with Crippen molar-refractivity contribution in [3.8, 4) is 11.4 Å². The molecule has 1 N–H and O–H groups in total. The molecule has 0 aliphatic rings. The summed E-state index contributed by atoms with van der Waals surface area (Å²) in [6.07, 6.45) is -4.36. The molecule has 0 saturated carbocycles. The Morgan fingerprint density at radius 2 is 1.93 bits per heavy atom. The Hall–Kier alpha value is -2.87. The van der Waals surface area contributed by atoms with Crippen molar-refractivity contribution in [1.82, 2.24) is 15.5 Å². The number of benzene rings is 2. The van der Waals surface area contributed by atoms with Gasteiger partial charge >= 0.3 is 6.18 Å². The Bertz CT molecular complexity index is 974. The molecule has 0 saturated heterocycles. The topological polar surface area (TPSA) is 68.0 Å². The second kappa shape index (κ2) is 8.02. The van der Waals surface area contributed by atoms with Gasteiger partial charge in [-0.1, -0.05) is 47.1 Å². The van der Waals surface area contributed by atoms with Gasteiger partial charge in [0.15, 0.2) is 0 Å². The van der Waals surface area contributed by atoms with E-state index in [2.05, 4.69) is 15.5 Å². The molecule has 0 radical (unpaired) electrons. The van der Waals surface area contributed by atoms with Crippen molar-refractivity contribution in [3.05, 3.63) is 70.6 Å². The molecule has 1 atom stereocenters. The van der Waals surface area contributed by atoms with Crippen molar-refractivity contribution in [2.24, 2.45) is 0 Å². The Labute approximate surface area is 163 Å². The maximum absolute atomic E-state index is 12.9. The number of hydrogen-bond acceptors (Lipinski definition) is 4. The summed E-state index contributed by atoms with van der Waals surface area (Å²) in [5, 5.41) is 6.41. The minimum Gasteiger partial charge on any atom is -0.349 e. The van der Waals surface area contributed by atoms with Crippen LogP contribution in [0.15, 0.2) is 53.1 Å². The number of rotatable bonds is 5. The largest absolute Gasteiger partial charge is 0.416 e. The predicted molar refractivity (Wildman–Crippen MR) is 96.8 cm³/mol. The highest BCUT2D eigenvalue weighted by Crippen LogP contribution is 2.31. The Kier molecular flexibility index (Phi) is 5.69. The SMILES string of the molecule is CC(Cc1nc(-c2ccccc2)no1)NC(=O)c1cc(C(F)(F)F)ccc1Cl. The highest BCUT2D eigenvalue weighted by molar-refractivity contribution is 6.33. The van der Waals surface area contributed by atoms with E-state index in [1.54, 1.807) is 6.92 Å². The van der Waals surface area contributed by atoms with Crippen LogP contribution in [0.4, 0.5) is 13.2 Å². The molecule has 28 heavy (non-hydrogen) atoms. The Morgan fingerprint density at radius 3 is 2.61 bits per heavy atom. The minimum atomic E-state index is -4.57. The number of halogens is 4. The van der Waals surface area contributed by atoms with Crippen molar-refractivity contribution < 1.29 is 22.5 Å². The van der Waals surface area contributed by atoms with Crippen LogP contribution in [0.3, 0.4) is 0 Å². The van der Waals surface area contributed by atoms with E-state index in [-0.39, 0.29) is 17.0 Å². The van der Waals surface area contributed by atoms with Crippen LogP contribution in [0.1, 0.15) is 28.7 Å². The van der Waals surface area contributed by atoms with E-state index >= 15 is 0 Å². The van der Waals surface area contributed by atoms with Gasteiger partial charge in [-0.05, 0) is 25.1 Å². The van der Waals surface area contributed by atoms with Crippen LogP contribution in [-0.2, 0) is 12.6 Å². The first-order valence-electron chi connectivity index (χ1n) is 8.29. The molecule has 0 spiro atoms. The van der Waals surface area contributed by atoms with E-state index in [0.717, 1.165) is 23.8 Å². The lowest BCUT2D eigenvalue weighted by Gasteiger charge is -2.14. The summed E-state index contributed by atoms with van der Waals surface area (Å²) in [5.41, 5.74) is -0.414. The van der Waals surface area contributed by atoms with E-state index in [4.69, 9.17) is 16.1 Å².